The molecule has 28 valence electrons. The Morgan fingerprint density at radius 1 is 2.00 bits per heavy atom. The van der Waals surface area contributed by atoms with Crippen LogP contribution < -0.4 is 5.73 Å². The molecule has 0 rings (SSSR count). The van der Waals surface area contributed by atoms with Crippen molar-refractivity contribution in [3.8, 4) is 0 Å². The van der Waals surface area contributed by atoms with E-state index >= 15 is 0 Å². The van der Waals surface area contributed by atoms with Gasteiger partial charge in [-0.25, -0.2) is 0 Å². The summed E-state index contributed by atoms with van der Waals surface area (Å²) in [5.41, 5.74) is 5.13. The van der Waals surface area contributed by atoms with Crippen molar-refractivity contribution in [1.29, 1.82) is 0 Å². The molecule has 0 spiro atoms. The van der Waals surface area contributed by atoms with Gasteiger partial charge in [0.25, 0.3) is 0 Å². The standard InChI is InChI=1S/C3H5N.W/c1-2-3-4;/h2H,1,4H2;. The molecule has 0 aliphatic heterocycles. The fourth-order valence-corrected chi connectivity index (χ4v) is 0. The number of hydrogen-bond donors (Lipinski definition) is 1. The van der Waals surface area contributed by atoms with Crippen molar-refractivity contribution < 1.29 is 19.4 Å². The van der Waals surface area contributed by atoms with Gasteiger partial charge in [0.1, 0.15) is 0 Å². The fraction of sp³-hybridized carbons (Fsp3) is 0. The summed E-state index contributed by atoms with van der Waals surface area (Å²) < 4.78 is 0.852. The molecule has 0 fully saturated rings. The Bertz CT molecular complexity index is 57.9. The van der Waals surface area contributed by atoms with Crippen LogP contribution in [0.2, 0.25) is 0 Å². The summed E-state index contributed by atoms with van der Waals surface area (Å²) in [5.74, 6) is 0. The predicted octanol–water partition coefficient (Wildman–Crippen LogP) is -0.192. The van der Waals surface area contributed by atoms with Crippen LogP contribution in [0, 0.1) is 0 Å². The maximum atomic E-state index is 5.13. The predicted molar refractivity (Wildman–Crippen MR) is 19.4 cm³/mol. The minimum atomic E-state index is 0.852. The van der Waals surface area contributed by atoms with Crippen molar-refractivity contribution in [1.82, 2.24) is 0 Å². The van der Waals surface area contributed by atoms with E-state index in [0.717, 1.165) is 4.02 Å². The molecule has 2 N–H and O–H groups in total. The second-order valence-electron chi connectivity index (χ2n) is 0.606. The second kappa shape index (κ2) is 2.49. The molecule has 5 heavy (non-hydrogen) atoms. The first-order valence-electron chi connectivity index (χ1n) is 1.19. The second-order valence-corrected chi connectivity index (χ2v) is 2.30. The van der Waals surface area contributed by atoms with Gasteiger partial charge >= 0.3 is 41.8 Å². The van der Waals surface area contributed by atoms with Gasteiger partial charge < -0.3 is 0 Å². The molecule has 0 amide bonds. The van der Waals surface area contributed by atoms with E-state index in [4.69, 9.17) is 5.73 Å². The molecule has 0 aromatic rings. The van der Waals surface area contributed by atoms with E-state index in [-0.39, 0.29) is 0 Å². The Kier molecular flexibility index (Phi) is 2.62. The first kappa shape index (κ1) is 5.26. The van der Waals surface area contributed by atoms with Crippen molar-refractivity contribution in [2.24, 2.45) is 5.73 Å². The van der Waals surface area contributed by atoms with Crippen LogP contribution in [0.4, 0.5) is 0 Å². The molecule has 0 aromatic carbocycles. The van der Waals surface area contributed by atoms with E-state index in [9.17, 15) is 0 Å². The van der Waals surface area contributed by atoms with Crippen molar-refractivity contribution in [3.63, 3.8) is 0 Å². The van der Waals surface area contributed by atoms with Crippen LogP contribution in [0.15, 0.2) is 12.7 Å². The van der Waals surface area contributed by atoms with Crippen LogP contribution in [0.25, 0.3) is 0 Å². The molecular formula is C3H5NW. The molecule has 0 bridgehead atoms. The number of nitrogens with two attached hydrogens (primary N) is 1. The summed E-state index contributed by atoms with van der Waals surface area (Å²) in [4.78, 5) is 0. The number of rotatable bonds is 1. The van der Waals surface area contributed by atoms with Gasteiger partial charge in [0.15, 0.2) is 0 Å². The van der Waals surface area contributed by atoms with Crippen LogP contribution >= 0.6 is 0 Å². The molecule has 1 nitrogen and oxygen atoms in total. The normalized spacial score (nSPS) is 6.60. The zero-order chi connectivity index (χ0) is 4.28. The first-order chi connectivity index (χ1) is 2.27. The van der Waals surface area contributed by atoms with E-state index in [2.05, 4.69) is 6.58 Å². The Hall–Kier alpha value is 0.258. The fourth-order valence-electron chi connectivity index (χ4n) is 0. The topological polar surface area (TPSA) is 26.0 Å². The number of hydrogen-bond acceptors (Lipinski definition) is 1. The van der Waals surface area contributed by atoms with Gasteiger partial charge in [0, 0.05) is 0 Å². The third-order valence-corrected chi connectivity index (χ3v) is 0.800. The van der Waals surface area contributed by atoms with Gasteiger partial charge in [-0.1, -0.05) is 0 Å². The Morgan fingerprint density at radius 3 is 2.20 bits per heavy atom. The molecule has 0 heterocycles. The molecule has 0 atom stereocenters. The maximum absolute atomic E-state index is 5.13. The van der Waals surface area contributed by atoms with E-state index in [1.165, 1.54) is 19.4 Å². The summed E-state index contributed by atoms with van der Waals surface area (Å²) in [6.07, 6.45) is 1.65. The van der Waals surface area contributed by atoms with Crippen LogP contribution in [-0.2, 0) is 19.4 Å². The third-order valence-electron chi connectivity index (χ3n) is 0.201. The molecule has 2 heteroatoms. The summed E-state index contributed by atoms with van der Waals surface area (Å²) >= 11 is 1.29. The molecule has 0 radical (unpaired) electrons. The zero-order valence-corrected chi connectivity index (χ0v) is 5.70. The SMILES string of the molecule is C=C[C](N)=[W]. The van der Waals surface area contributed by atoms with Gasteiger partial charge in [-0.15, -0.1) is 0 Å². The Balaban J connectivity index is 3.20. The monoisotopic (exact) mass is 239 g/mol. The average Bonchev–Trinajstić information content (AvgIpc) is 1.38. The third kappa shape index (κ3) is 4.26. The summed E-state index contributed by atoms with van der Waals surface area (Å²) in [7, 11) is 0. The molecule has 0 saturated heterocycles. The Morgan fingerprint density at radius 2 is 2.20 bits per heavy atom. The molecule has 0 saturated carbocycles. The van der Waals surface area contributed by atoms with Crippen LogP contribution in [0.5, 0.6) is 0 Å². The quantitative estimate of drug-likeness (QED) is 0.674. The van der Waals surface area contributed by atoms with E-state index in [1.807, 2.05) is 0 Å². The van der Waals surface area contributed by atoms with E-state index in [1.54, 1.807) is 6.08 Å². The van der Waals surface area contributed by atoms with Crippen molar-refractivity contribution in [3.05, 3.63) is 12.7 Å². The van der Waals surface area contributed by atoms with Crippen LogP contribution in [-0.4, -0.2) is 4.02 Å². The molecule has 0 aliphatic carbocycles. The van der Waals surface area contributed by atoms with Crippen molar-refractivity contribution in [2.45, 2.75) is 0 Å². The van der Waals surface area contributed by atoms with Gasteiger partial charge in [0.05, 0.1) is 0 Å². The molecule has 0 aromatic heterocycles. The summed E-state index contributed by atoms with van der Waals surface area (Å²) in [5, 5.41) is 0. The zero-order valence-electron chi connectivity index (χ0n) is 2.77. The van der Waals surface area contributed by atoms with E-state index < -0.39 is 0 Å². The molecule has 0 aliphatic rings. The minimum absolute atomic E-state index is 0.852. The summed E-state index contributed by atoms with van der Waals surface area (Å²) in [6, 6.07) is 0. The van der Waals surface area contributed by atoms with Gasteiger partial charge in [-0.3, -0.25) is 0 Å². The van der Waals surface area contributed by atoms with Gasteiger partial charge in [0.2, 0.25) is 0 Å². The van der Waals surface area contributed by atoms with Crippen molar-refractivity contribution >= 4 is 4.02 Å². The summed E-state index contributed by atoms with van der Waals surface area (Å²) in [6.45, 7) is 3.42. The van der Waals surface area contributed by atoms with Crippen LogP contribution in [0.3, 0.4) is 0 Å². The molecular weight excluding hydrogens is 234 g/mol. The van der Waals surface area contributed by atoms with Gasteiger partial charge in [-0.05, 0) is 0 Å². The average molecular weight is 239 g/mol. The van der Waals surface area contributed by atoms with Crippen LogP contribution in [0.1, 0.15) is 0 Å². The first-order valence-corrected chi connectivity index (χ1v) is 2.66. The van der Waals surface area contributed by atoms with Gasteiger partial charge in [-0.2, -0.15) is 0 Å². The van der Waals surface area contributed by atoms with E-state index in [0.29, 0.717) is 0 Å². The van der Waals surface area contributed by atoms with Crippen molar-refractivity contribution in [2.75, 3.05) is 0 Å². The molecule has 0 unspecified atom stereocenters. The Labute approximate surface area is 42.3 Å².